The molecule has 3 aliphatic heterocycles. The largest absolute Gasteiger partial charge is 0.310 e. The Morgan fingerprint density at radius 3 is 2.47 bits per heavy atom. The Morgan fingerprint density at radius 2 is 2.00 bits per heavy atom. The standard InChI is InChI=1S/C13H26N2/c1-3-5-12(4-2)14-13-10-15-8-6-11(13)7-9-15/h11-14H,3-10H2,1-2H3. The van der Waals surface area contributed by atoms with E-state index in [0.29, 0.717) is 0 Å². The quantitative estimate of drug-likeness (QED) is 0.749. The van der Waals surface area contributed by atoms with Crippen LogP contribution in [0.2, 0.25) is 0 Å². The molecule has 0 spiro atoms. The smallest absolute Gasteiger partial charge is 0.0226 e. The van der Waals surface area contributed by atoms with Gasteiger partial charge in [-0.25, -0.2) is 0 Å². The van der Waals surface area contributed by atoms with Gasteiger partial charge in [0, 0.05) is 18.6 Å². The van der Waals surface area contributed by atoms with E-state index in [9.17, 15) is 0 Å². The van der Waals surface area contributed by atoms with Crippen molar-refractivity contribution in [1.82, 2.24) is 10.2 Å². The van der Waals surface area contributed by atoms with Gasteiger partial charge in [0.25, 0.3) is 0 Å². The number of rotatable bonds is 5. The van der Waals surface area contributed by atoms with Gasteiger partial charge in [0.2, 0.25) is 0 Å². The molecule has 0 radical (unpaired) electrons. The monoisotopic (exact) mass is 210 g/mol. The predicted molar refractivity (Wildman–Crippen MR) is 65.1 cm³/mol. The lowest BCUT2D eigenvalue weighted by Gasteiger charge is -2.46. The molecule has 0 aliphatic carbocycles. The molecule has 0 aromatic heterocycles. The number of nitrogens with zero attached hydrogens (tertiary/aromatic N) is 1. The Balaban J connectivity index is 1.83. The lowest BCUT2D eigenvalue weighted by molar-refractivity contribution is 0.0660. The second-order valence-corrected chi connectivity index (χ2v) is 5.31. The minimum absolute atomic E-state index is 0.764. The Hall–Kier alpha value is -0.0800. The first-order chi connectivity index (χ1) is 7.33. The Labute approximate surface area is 94.4 Å². The minimum atomic E-state index is 0.764. The Bertz CT molecular complexity index is 185. The molecule has 2 heteroatoms. The number of fused-ring (bicyclic) bond motifs is 3. The molecular formula is C13H26N2. The van der Waals surface area contributed by atoms with E-state index in [1.54, 1.807) is 0 Å². The molecule has 3 heterocycles. The summed E-state index contributed by atoms with van der Waals surface area (Å²) in [6.07, 6.45) is 6.81. The lowest BCUT2D eigenvalue weighted by atomic mass is 9.83. The fourth-order valence-electron chi connectivity index (χ4n) is 3.21. The summed E-state index contributed by atoms with van der Waals surface area (Å²) in [6.45, 7) is 8.63. The summed E-state index contributed by atoms with van der Waals surface area (Å²) < 4.78 is 0. The normalized spacial score (nSPS) is 36.8. The molecule has 2 unspecified atom stereocenters. The molecule has 15 heavy (non-hydrogen) atoms. The second kappa shape index (κ2) is 5.31. The van der Waals surface area contributed by atoms with Crippen molar-refractivity contribution < 1.29 is 0 Å². The van der Waals surface area contributed by atoms with Crippen LogP contribution in [0, 0.1) is 5.92 Å². The van der Waals surface area contributed by atoms with E-state index in [1.165, 1.54) is 51.7 Å². The highest BCUT2D eigenvalue weighted by atomic mass is 15.2. The molecule has 0 aromatic carbocycles. The molecule has 0 saturated carbocycles. The molecule has 0 amide bonds. The zero-order chi connectivity index (χ0) is 10.7. The van der Waals surface area contributed by atoms with Crippen LogP contribution < -0.4 is 5.32 Å². The molecule has 3 rings (SSSR count). The van der Waals surface area contributed by atoms with Gasteiger partial charge < -0.3 is 10.2 Å². The van der Waals surface area contributed by atoms with Crippen molar-refractivity contribution in [1.29, 1.82) is 0 Å². The summed E-state index contributed by atoms with van der Waals surface area (Å²) in [5, 5.41) is 3.90. The van der Waals surface area contributed by atoms with E-state index < -0.39 is 0 Å². The maximum Gasteiger partial charge on any atom is 0.0226 e. The third-order valence-electron chi connectivity index (χ3n) is 4.24. The molecule has 2 bridgehead atoms. The molecule has 3 aliphatic rings. The van der Waals surface area contributed by atoms with Crippen LogP contribution in [0.25, 0.3) is 0 Å². The van der Waals surface area contributed by atoms with Crippen LogP contribution in [-0.2, 0) is 0 Å². The van der Waals surface area contributed by atoms with Crippen LogP contribution in [0.3, 0.4) is 0 Å². The van der Waals surface area contributed by atoms with Gasteiger partial charge in [-0.2, -0.15) is 0 Å². The summed E-state index contributed by atoms with van der Waals surface area (Å²) >= 11 is 0. The maximum atomic E-state index is 3.90. The van der Waals surface area contributed by atoms with Gasteiger partial charge in [-0.1, -0.05) is 20.3 Å². The number of piperidine rings is 3. The number of nitrogens with one attached hydrogen (secondary N) is 1. The van der Waals surface area contributed by atoms with E-state index >= 15 is 0 Å². The van der Waals surface area contributed by atoms with Crippen molar-refractivity contribution in [2.75, 3.05) is 19.6 Å². The summed E-state index contributed by atoms with van der Waals surface area (Å²) in [5.41, 5.74) is 0. The first-order valence-corrected chi connectivity index (χ1v) is 6.81. The third kappa shape index (κ3) is 2.73. The Kier molecular flexibility index (Phi) is 4.04. The highest BCUT2D eigenvalue weighted by Crippen LogP contribution is 2.28. The van der Waals surface area contributed by atoms with E-state index in [1.807, 2.05) is 0 Å². The van der Waals surface area contributed by atoms with E-state index in [0.717, 1.165) is 18.0 Å². The van der Waals surface area contributed by atoms with Crippen LogP contribution in [-0.4, -0.2) is 36.6 Å². The van der Waals surface area contributed by atoms with Gasteiger partial charge in [0.15, 0.2) is 0 Å². The first-order valence-electron chi connectivity index (χ1n) is 6.81. The molecule has 1 N–H and O–H groups in total. The van der Waals surface area contributed by atoms with Crippen LogP contribution in [0.15, 0.2) is 0 Å². The zero-order valence-electron chi connectivity index (χ0n) is 10.3. The Morgan fingerprint density at radius 1 is 1.27 bits per heavy atom. The molecular weight excluding hydrogens is 184 g/mol. The zero-order valence-corrected chi connectivity index (χ0v) is 10.3. The van der Waals surface area contributed by atoms with Crippen LogP contribution >= 0.6 is 0 Å². The van der Waals surface area contributed by atoms with Gasteiger partial charge in [-0.15, -0.1) is 0 Å². The fourth-order valence-corrected chi connectivity index (χ4v) is 3.21. The second-order valence-electron chi connectivity index (χ2n) is 5.31. The third-order valence-corrected chi connectivity index (χ3v) is 4.24. The van der Waals surface area contributed by atoms with E-state index in [2.05, 4.69) is 24.1 Å². The van der Waals surface area contributed by atoms with Crippen molar-refractivity contribution >= 4 is 0 Å². The molecule has 3 saturated heterocycles. The van der Waals surface area contributed by atoms with Gasteiger partial charge in [0.1, 0.15) is 0 Å². The highest BCUT2D eigenvalue weighted by molar-refractivity contribution is 4.92. The van der Waals surface area contributed by atoms with E-state index in [4.69, 9.17) is 0 Å². The van der Waals surface area contributed by atoms with Crippen molar-refractivity contribution in [2.45, 2.75) is 58.0 Å². The van der Waals surface area contributed by atoms with Gasteiger partial charge in [-0.05, 0) is 44.7 Å². The molecule has 2 atom stereocenters. The van der Waals surface area contributed by atoms with Crippen LogP contribution in [0.5, 0.6) is 0 Å². The van der Waals surface area contributed by atoms with E-state index in [-0.39, 0.29) is 0 Å². The van der Waals surface area contributed by atoms with Gasteiger partial charge >= 0.3 is 0 Å². The predicted octanol–water partition coefficient (Wildman–Crippen LogP) is 2.25. The molecule has 3 fully saturated rings. The summed E-state index contributed by atoms with van der Waals surface area (Å²) in [4.78, 5) is 2.64. The van der Waals surface area contributed by atoms with Crippen LogP contribution in [0.1, 0.15) is 46.0 Å². The fraction of sp³-hybridized carbons (Fsp3) is 1.00. The molecule has 2 nitrogen and oxygen atoms in total. The highest BCUT2D eigenvalue weighted by Gasteiger charge is 2.34. The number of hydrogen-bond donors (Lipinski definition) is 1. The molecule has 88 valence electrons. The van der Waals surface area contributed by atoms with Gasteiger partial charge in [-0.3, -0.25) is 0 Å². The lowest BCUT2D eigenvalue weighted by Crippen LogP contribution is -2.57. The summed E-state index contributed by atoms with van der Waals surface area (Å²) in [5.74, 6) is 0.973. The average molecular weight is 210 g/mol. The van der Waals surface area contributed by atoms with Crippen molar-refractivity contribution in [3.05, 3.63) is 0 Å². The minimum Gasteiger partial charge on any atom is -0.310 e. The van der Waals surface area contributed by atoms with Crippen molar-refractivity contribution in [3.8, 4) is 0 Å². The molecule has 0 aromatic rings. The topological polar surface area (TPSA) is 15.3 Å². The van der Waals surface area contributed by atoms with Gasteiger partial charge in [0.05, 0.1) is 0 Å². The maximum absolute atomic E-state index is 3.90. The SMILES string of the molecule is CCCC(CC)NC1CN2CCC1CC2. The summed E-state index contributed by atoms with van der Waals surface area (Å²) in [6, 6.07) is 1.56. The average Bonchev–Trinajstić information content (AvgIpc) is 2.30. The summed E-state index contributed by atoms with van der Waals surface area (Å²) in [7, 11) is 0. The van der Waals surface area contributed by atoms with Crippen molar-refractivity contribution in [2.24, 2.45) is 5.92 Å². The first kappa shape index (κ1) is 11.4. The van der Waals surface area contributed by atoms with Crippen molar-refractivity contribution in [3.63, 3.8) is 0 Å². The van der Waals surface area contributed by atoms with Crippen LogP contribution in [0.4, 0.5) is 0 Å². The number of hydrogen-bond acceptors (Lipinski definition) is 2.